The van der Waals surface area contributed by atoms with Crippen LogP contribution in [-0.2, 0) is 0 Å². The van der Waals surface area contributed by atoms with Crippen LogP contribution in [0, 0.1) is 4.91 Å². The molecule has 0 rings (SSSR count). The molecule has 25 heavy (non-hydrogen) atoms. The summed E-state index contributed by atoms with van der Waals surface area (Å²) in [5.74, 6) is 0. The van der Waals surface area contributed by atoms with Gasteiger partial charge in [-0.25, -0.2) is 0 Å². The largest absolute Gasteiger partial charge is 0.151 e. The van der Waals surface area contributed by atoms with Crippen molar-refractivity contribution in [3.05, 3.63) is 51.5 Å². The molecule has 142 valence electrons. The first kappa shape index (κ1) is 23.6. The molecule has 0 heterocycles. The molecular formula is C23H39NO. The molecule has 0 aliphatic heterocycles. The van der Waals surface area contributed by atoms with Crippen molar-refractivity contribution in [1.82, 2.24) is 0 Å². The van der Waals surface area contributed by atoms with Gasteiger partial charge in [-0.2, -0.15) is 4.91 Å². The van der Waals surface area contributed by atoms with E-state index in [-0.39, 0.29) is 6.04 Å². The zero-order valence-corrected chi connectivity index (χ0v) is 17.4. The van der Waals surface area contributed by atoms with E-state index in [1.54, 1.807) is 0 Å². The maximum Gasteiger partial charge on any atom is 0.0894 e. The monoisotopic (exact) mass is 345 g/mol. The highest BCUT2D eigenvalue weighted by atomic mass is 16.3. The third-order valence-electron chi connectivity index (χ3n) is 4.41. The van der Waals surface area contributed by atoms with Crippen LogP contribution in [0.15, 0.2) is 51.8 Å². The van der Waals surface area contributed by atoms with Crippen LogP contribution in [0.1, 0.15) is 92.9 Å². The number of nitroso groups, excluding NO2 is 1. The quantitative estimate of drug-likeness (QED) is 0.245. The van der Waals surface area contributed by atoms with Gasteiger partial charge >= 0.3 is 0 Å². The lowest BCUT2D eigenvalue weighted by atomic mass is 10.0. The first-order valence-corrected chi connectivity index (χ1v) is 9.77. The van der Waals surface area contributed by atoms with Crippen molar-refractivity contribution >= 4 is 0 Å². The minimum Gasteiger partial charge on any atom is -0.151 e. The number of hydrogen-bond donors (Lipinski definition) is 0. The topological polar surface area (TPSA) is 29.4 Å². The minimum absolute atomic E-state index is 0.0651. The van der Waals surface area contributed by atoms with E-state index in [0.29, 0.717) is 0 Å². The van der Waals surface area contributed by atoms with Gasteiger partial charge < -0.3 is 0 Å². The van der Waals surface area contributed by atoms with Gasteiger partial charge in [-0.15, -0.1) is 0 Å². The molecule has 0 radical (unpaired) electrons. The molecule has 0 amide bonds. The van der Waals surface area contributed by atoms with Crippen LogP contribution in [0.5, 0.6) is 0 Å². The third-order valence-corrected chi connectivity index (χ3v) is 4.41. The van der Waals surface area contributed by atoms with Gasteiger partial charge in [0.1, 0.15) is 0 Å². The van der Waals surface area contributed by atoms with E-state index in [1.165, 1.54) is 28.7 Å². The summed E-state index contributed by atoms with van der Waals surface area (Å²) >= 11 is 0. The zero-order valence-electron chi connectivity index (χ0n) is 17.4. The predicted molar refractivity (Wildman–Crippen MR) is 113 cm³/mol. The molecule has 2 heteroatoms. The average molecular weight is 346 g/mol. The van der Waals surface area contributed by atoms with Crippen molar-refractivity contribution in [3.63, 3.8) is 0 Å². The Balaban J connectivity index is 3.99. The molecule has 0 aromatic carbocycles. The Kier molecular flexibility index (Phi) is 14.0. The third kappa shape index (κ3) is 15.8. The summed E-state index contributed by atoms with van der Waals surface area (Å²) in [5, 5.41) is 3.04. The molecular weight excluding hydrogens is 306 g/mol. The minimum atomic E-state index is -0.0651. The molecule has 0 fully saturated rings. The van der Waals surface area contributed by atoms with Crippen molar-refractivity contribution in [1.29, 1.82) is 0 Å². The van der Waals surface area contributed by atoms with Gasteiger partial charge in [0.25, 0.3) is 0 Å². The molecule has 0 aromatic heterocycles. The Morgan fingerprint density at radius 3 is 1.52 bits per heavy atom. The molecule has 0 aliphatic rings. The van der Waals surface area contributed by atoms with Gasteiger partial charge in [0.15, 0.2) is 0 Å². The summed E-state index contributed by atoms with van der Waals surface area (Å²) in [6.45, 7) is 12.9. The van der Waals surface area contributed by atoms with Crippen LogP contribution in [0.4, 0.5) is 0 Å². The highest BCUT2D eigenvalue weighted by molar-refractivity contribution is 5.07. The molecule has 0 aliphatic carbocycles. The Morgan fingerprint density at radius 2 is 1.12 bits per heavy atom. The van der Waals surface area contributed by atoms with Crippen LogP contribution in [-0.4, -0.2) is 6.04 Å². The Morgan fingerprint density at radius 1 is 0.720 bits per heavy atom. The summed E-state index contributed by atoms with van der Waals surface area (Å²) in [6, 6.07) is -0.0651. The maximum atomic E-state index is 10.3. The fraction of sp³-hybridized carbons (Fsp3) is 0.652. The van der Waals surface area contributed by atoms with Gasteiger partial charge in [0.2, 0.25) is 0 Å². The molecule has 2 nitrogen and oxygen atoms in total. The normalized spacial score (nSPS) is 14.4. The van der Waals surface area contributed by atoms with Crippen molar-refractivity contribution in [2.24, 2.45) is 5.18 Å². The van der Waals surface area contributed by atoms with Crippen LogP contribution in [0.3, 0.4) is 0 Å². The Hall–Kier alpha value is -1.44. The number of rotatable bonds is 13. The van der Waals surface area contributed by atoms with Crippen molar-refractivity contribution in [3.8, 4) is 0 Å². The van der Waals surface area contributed by atoms with E-state index in [4.69, 9.17) is 0 Å². The molecule has 0 N–H and O–H groups in total. The van der Waals surface area contributed by atoms with E-state index in [9.17, 15) is 4.91 Å². The average Bonchev–Trinajstić information content (AvgIpc) is 2.54. The van der Waals surface area contributed by atoms with Crippen LogP contribution < -0.4 is 0 Å². The molecule has 0 saturated heterocycles. The molecule has 0 saturated carbocycles. The molecule has 1 unspecified atom stereocenters. The van der Waals surface area contributed by atoms with Crippen molar-refractivity contribution in [2.45, 2.75) is 99.0 Å². The fourth-order valence-corrected chi connectivity index (χ4v) is 2.61. The summed E-state index contributed by atoms with van der Waals surface area (Å²) in [4.78, 5) is 10.3. The smallest absolute Gasteiger partial charge is 0.0894 e. The second kappa shape index (κ2) is 14.9. The lowest BCUT2D eigenvalue weighted by molar-refractivity contribution is 0.670. The Bertz CT molecular complexity index is 490. The number of hydrogen-bond acceptors (Lipinski definition) is 2. The van der Waals surface area contributed by atoms with E-state index < -0.39 is 0 Å². The summed E-state index contributed by atoms with van der Waals surface area (Å²) in [7, 11) is 0. The summed E-state index contributed by atoms with van der Waals surface area (Å²) in [5.41, 5.74) is 5.81. The first-order valence-electron chi connectivity index (χ1n) is 9.77. The van der Waals surface area contributed by atoms with E-state index >= 15 is 0 Å². The second-order valence-electron chi connectivity index (χ2n) is 7.58. The first-order chi connectivity index (χ1) is 11.8. The number of nitrogens with zero attached hydrogens (tertiary/aromatic N) is 1. The fourth-order valence-electron chi connectivity index (χ4n) is 2.61. The molecule has 0 bridgehead atoms. The van der Waals surface area contributed by atoms with Crippen molar-refractivity contribution < 1.29 is 0 Å². The lowest BCUT2D eigenvalue weighted by Gasteiger charge is -2.03. The second-order valence-corrected chi connectivity index (χ2v) is 7.58. The van der Waals surface area contributed by atoms with Crippen LogP contribution >= 0.6 is 0 Å². The molecule has 1 atom stereocenters. The van der Waals surface area contributed by atoms with Gasteiger partial charge in [0, 0.05) is 0 Å². The zero-order chi connectivity index (χ0) is 19.1. The highest BCUT2D eigenvalue weighted by Crippen LogP contribution is 2.14. The maximum absolute atomic E-state index is 10.3. The standard InChI is InChI=1S/C23H39NO/c1-19(2)11-7-12-20(3)13-8-14-21(4)15-9-16-22(5)17-10-18-23(6)24-25/h11,13,15,17,23H,7-10,12,14,16,18H2,1-6H3/b20-13?,21-15?,22-17+. The van der Waals surface area contributed by atoms with Gasteiger partial charge in [-0.1, -0.05) is 51.8 Å². The summed E-state index contributed by atoms with van der Waals surface area (Å²) < 4.78 is 0. The van der Waals surface area contributed by atoms with Gasteiger partial charge in [-0.3, -0.25) is 0 Å². The SMILES string of the molecule is CC(C)=CCCC(C)=CCCC(C)=CCC/C(C)=C/CCC(C)N=O. The highest BCUT2D eigenvalue weighted by Gasteiger charge is 1.98. The van der Waals surface area contributed by atoms with E-state index in [2.05, 4.69) is 64.1 Å². The van der Waals surface area contributed by atoms with Gasteiger partial charge in [-0.05, 0) is 92.9 Å². The Labute approximate surface area is 156 Å². The van der Waals surface area contributed by atoms with E-state index in [1.807, 2.05) is 6.92 Å². The molecule has 0 spiro atoms. The number of allylic oxidation sites excluding steroid dienone is 8. The van der Waals surface area contributed by atoms with Crippen LogP contribution in [0.2, 0.25) is 0 Å². The van der Waals surface area contributed by atoms with Crippen LogP contribution in [0.25, 0.3) is 0 Å². The van der Waals surface area contributed by atoms with Gasteiger partial charge in [0.05, 0.1) is 6.04 Å². The van der Waals surface area contributed by atoms with Crippen molar-refractivity contribution in [2.75, 3.05) is 0 Å². The van der Waals surface area contributed by atoms with E-state index in [0.717, 1.165) is 44.9 Å². The summed E-state index contributed by atoms with van der Waals surface area (Å²) in [6.07, 6.45) is 18.0. The molecule has 0 aromatic rings. The predicted octanol–water partition coefficient (Wildman–Crippen LogP) is 8.07. The lowest BCUT2D eigenvalue weighted by Crippen LogP contribution is -1.94.